The number of anilines is 1. The number of thioether (sulfide) groups is 1. The van der Waals surface area contributed by atoms with Crippen molar-refractivity contribution >= 4 is 46.6 Å². The highest BCUT2D eigenvalue weighted by Gasteiger charge is 2.14. The number of ether oxygens (including phenoxy) is 1. The van der Waals surface area contributed by atoms with Crippen LogP contribution in [0.15, 0.2) is 23.4 Å². The number of benzene rings is 1. The Hall–Kier alpha value is -1.21. The van der Waals surface area contributed by atoms with Gasteiger partial charge in [-0.15, -0.1) is 0 Å². The average molecular weight is 388 g/mol. The van der Waals surface area contributed by atoms with Crippen molar-refractivity contribution < 1.29 is 9.53 Å². The van der Waals surface area contributed by atoms with E-state index in [0.717, 1.165) is 16.5 Å². The Labute approximate surface area is 155 Å². The molecule has 0 aliphatic rings. The number of nitrogens with one attached hydrogen (secondary N) is 1. The summed E-state index contributed by atoms with van der Waals surface area (Å²) in [4.78, 5) is 16.7. The first-order valence-electron chi connectivity index (χ1n) is 7.32. The summed E-state index contributed by atoms with van der Waals surface area (Å²) in [7, 11) is 1.66. The fourth-order valence-corrected chi connectivity index (χ4v) is 3.34. The Bertz CT molecular complexity index is 734. The molecule has 130 valence electrons. The van der Waals surface area contributed by atoms with Gasteiger partial charge in [0.25, 0.3) is 0 Å². The van der Waals surface area contributed by atoms with Crippen LogP contribution in [-0.4, -0.2) is 34.9 Å². The molecule has 1 amide bonds. The van der Waals surface area contributed by atoms with Crippen LogP contribution >= 0.6 is 35.0 Å². The van der Waals surface area contributed by atoms with Crippen molar-refractivity contribution in [3.05, 3.63) is 39.6 Å². The maximum absolute atomic E-state index is 12.2. The number of imidazole rings is 1. The van der Waals surface area contributed by atoms with Crippen molar-refractivity contribution in [3.63, 3.8) is 0 Å². The second kappa shape index (κ2) is 8.76. The zero-order valence-electron chi connectivity index (χ0n) is 13.7. The largest absolute Gasteiger partial charge is 0.383 e. The SMILES string of the molecule is COCCn1c(SCC(=O)Nc2cc(Cl)ccc2Cl)nc(C)c1C. The number of hydrogen-bond donors (Lipinski definition) is 1. The highest BCUT2D eigenvalue weighted by atomic mass is 35.5. The number of methoxy groups -OCH3 is 1. The standard InChI is InChI=1S/C16H19Cl2N3O2S/c1-10-11(2)21(6-7-23-3)16(19-10)24-9-15(22)20-14-8-12(17)4-5-13(14)18/h4-5,8H,6-7,9H2,1-3H3,(H,20,22). The lowest BCUT2D eigenvalue weighted by Gasteiger charge is -2.10. The molecular weight excluding hydrogens is 369 g/mol. The maximum atomic E-state index is 12.2. The van der Waals surface area contributed by atoms with E-state index in [0.29, 0.717) is 28.9 Å². The van der Waals surface area contributed by atoms with E-state index in [1.165, 1.54) is 11.8 Å². The monoisotopic (exact) mass is 387 g/mol. The minimum atomic E-state index is -0.166. The third kappa shape index (κ3) is 4.89. The zero-order chi connectivity index (χ0) is 17.7. The molecule has 0 saturated heterocycles. The third-order valence-corrected chi connectivity index (χ3v) is 5.02. The number of aromatic nitrogens is 2. The van der Waals surface area contributed by atoms with E-state index in [2.05, 4.69) is 14.9 Å². The molecule has 0 unspecified atom stereocenters. The van der Waals surface area contributed by atoms with Crippen LogP contribution in [0.25, 0.3) is 0 Å². The van der Waals surface area contributed by atoms with Gasteiger partial charge in [-0.1, -0.05) is 35.0 Å². The Balaban J connectivity index is 2.01. The van der Waals surface area contributed by atoms with Crippen LogP contribution in [0.3, 0.4) is 0 Å². The predicted molar refractivity (Wildman–Crippen MR) is 99.4 cm³/mol. The van der Waals surface area contributed by atoms with Gasteiger partial charge in [0.2, 0.25) is 5.91 Å². The van der Waals surface area contributed by atoms with Gasteiger partial charge in [-0.2, -0.15) is 0 Å². The van der Waals surface area contributed by atoms with E-state index < -0.39 is 0 Å². The smallest absolute Gasteiger partial charge is 0.234 e. The van der Waals surface area contributed by atoms with Crippen molar-refractivity contribution in [2.45, 2.75) is 25.5 Å². The van der Waals surface area contributed by atoms with Gasteiger partial charge < -0.3 is 14.6 Å². The Morgan fingerprint density at radius 1 is 1.38 bits per heavy atom. The van der Waals surface area contributed by atoms with Crippen molar-refractivity contribution in [1.29, 1.82) is 0 Å². The summed E-state index contributed by atoms with van der Waals surface area (Å²) in [6, 6.07) is 4.95. The van der Waals surface area contributed by atoms with Gasteiger partial charge in [-0.25, -0.2) is 4.98 Å². The topological polar surface area (TPSA) is 56.1 Å². The third-order valence-electron chi connectivity index (χ3n) is 3.48. The Morgan fingerprint density at radius 3 is 2.83 bits per heavy atom. The molecule has 1 N–H and O–H groups in total. The van der Waals surface area contributed by atoms with E-state index in [9.17, 15) is 4.79 Å². The molecule has 8 heteroatoms. The second-order valence-electron chi connectivity index (χ2n) is 5.17. The predicted octanol–water partition coefficient (Wildman–Crippen LogP) is 4.18. The van der Waals surface area contributed by atoms with Gasteiger partial charge >= 0.3 is 0 Å². The summed E-state index contributed by atoms with van der Waals surface area (Å²) in [5, 5.41) is 4.54. The molecule has 5 nitrogen and oxygen atoms in total. The molecular formula is C16H19Cl2N3O2S. The molecule has 0 radical (unpaired) electrons. The fraction of sp³-hybridized carbons (Fsp3) is 0.375. The van der Waals surface area contributed by atoms with Crippen LogP contribution in [0.1, 0.15) is 11.4 Å². The van der Waals surface area contributed by atoms with Gasteiger partial charge in [0.1, 0.15) is 0 Å². The summed E-state index contributed by atoms with van der Waals surface area (Å²) >= 11 is 13.4. The Kier molecular flexibility index (Phi) is 6.98. The number of amides is 1. The molecule has 0 bridgehead atoms. The van der Waals surface area contributed by atoms with E-state index in [-0.39, 0.29) is 11.7 Å². The van der Waals surface area contributed by atoms with Crippen LogP contribution < -0.4 is 5.32 Å². The van der Waals surface area contributed by atoms with Crippen LogP contribution in [0.2, 0.25) is 10.0 Å². The van der Waals surface area contributed by atoms with Gasteiger partial charge in [0.15, 0.2) is 5.16 Å². The summed E-state index contributed by atoms with van der Waals surface area (Å²) in [6.45, 7) is 5.25. The van der Waals surface area contributed by atoms with Crippen molar-refractivity contribution in [3.8, 4) is 0 Å². The number of aryl methyl sites for hydroxylation is 1. The highest BCUT2D eigenvalue weighted by molar-refractivity contribution is 7.99. The van der Waals surface area contributed by atoms with E-state index >= 15 is 0 Å². The molecule has 0 saturated carbocycles. The van der Waals surface area contributed by atoms with Crippen LogP contribution in [-0.2, 0) is 16.1 Å². The summed E-state index contributed by atoms with van der Waals surface area (Å²) in [6.07, 6.45) is 0. The first-order chi connectivity index (χ1) is 11.4. The summed E-state index contributed by atoms with van der Waals surface area (Å²) in [5.41, 5.74) is 2.53. The first-order valence-corrected chi connectivity index (χ1v) is 9.07. The minimum Gasteiger partial charge on any atom is -0.383 e. The minimum absolute atomic E-state index is 0.166. The lowest BCUT2D eigenvalue weighted by atomic mass is 10.3. The number of halogens is 2. The van der Waals surface area contributed by atoms with Crippen molar-refractivity contribution in [2.75, 3.05) is 24.8 Å². The molecule has 1 aromatic heterocycles. The lowest BCUT2D eigenvalue weighted by Crippen LogP contribution is -2.15. The van der Waals surface area contributed by atoms with Gasteiger partial charge in [0.05, 0.1) is 28.8 Å². The van der Waals surface area contributed by atoms with Crippen molar-refractivity contribution in [1.82, 2.24) is 9.55 Å². The van der Waals surface area contributed by atoms with Crippen LogP contribution in [0.5, 0.6) is 0 Å². The van der Waals surface area contributed by atoms with E-state index in [1.807, 2.05) is 13.8 Å². The second-order valence-corrected chi connectivity index (χ2v) is 6.96. The molecule has 2 aromatic rings. The zero-order valence-corrected chi connectivity index (χ0v) is 16.1. The van der Waals surface area contributed by atoms with E-state index in [1.54, 1.807) is 25.3 Å². The molecule has 0 aliphatic heterocycles. The molecule has 0 spiro atoms. The molecule has 1 aromatic carbocycles. The van der Waals surface area contributed by atoms with Crippen LogP contribution in [0, 0.1) is 13.8 Å². The fourth-order valence-electron chi connectivity index (χ4n) is 2.09. The number of carbonyl (C=O) groups excluding carboxylic acids is 1. The lowest BCUT2D eigenvalue weighted by molar-refractivity contribution is -0.113. The van der Waals surface area contributed by atoms with Gasteiger partial charge in [0, 0.05) is 24.4 Å². The molecule has 0 aliphatic carbocycles. The summed E-state index contributed by atoms with van der Waals surface area (Å²) < 4.78 is 7.19. The first kappa shape index (κ1) is 19.1. The highest BCUT2D eigenvalue weighted by Crippen LogP contribution is 2.26. The molecule has 2 rings (SSSR count). The van der Waals surface area contributed by atoms with Gasteiger partial charge in [-0.05, 0) is 32.0 Å². The molecule has 0 fully saturated rings. The molecule has 1 heterocycles. The molecule has 0 atom stereocenters. The summed E-state index contributed by atoms with van der Waals surface area (Å²) in [5.74, 6) is 0.0619. The number of nitrogens with zero attached hydrogens (tertiary/aromatic N) is 2. The van der Waals surface area contributed by atoms with Crippen molar-refractivity contribution in [2.24, 2.45) is 0 Å². The van der Waals surface area contributed by atoms with Crippen LogP contribution in [0.4, 0.5) is 5.69 Å². The quantitative estimate of drug-likeness (QED) is 0.723. The van der Waals surface area contributed by atoms with Gasteiger partial charge in [-0.3, -0.25) is 4.79 Å². The normalized spacial score (nSPS) is 10.9. The maximum Gasteiger partial charge on any atom is 0.234 e. The number of rotatable bonds is 7. The average Bonchev–Trinajstić information content (AvgIpc) is 2.81. The molecule has 24 heavy (non-hydrogen) atoms. The van der Waals surface area contributed by atoms with E-state index in [4.69, 9.17) is 27.9 Å². The number of carbonyl (C=O) groups is 1. The number of hydrogen-bond acceptors (Lipinski definition) is 4. The Morgan fingerprint density at radius 2 is 2.12 bits per heavy atom.